The van der Waals surface area contributed by atoms with Crippen molar-refractivity contribution in [2.45, 2.75) is 12.5 Å². The topological polar surface area (TPSA) is 83.8 Å². The number of nitrogens with one attached hydrogen (secondary N) is 2. The van der Waals surface area contributed by atoms with Crippen molar-refractivity contribution in [1.82, 2.24) is 20.3 Å². The van der Waals surface area contributed by atoms with Gasteiger partial charge >= 0.3 is 0 Å². The molecule has 0 unspecified atom stereocenters. The van der Waals surface area contributed by atoms with Gasteiger partial charge in [0.25, 0.3) is 5.91 Å². The second-order valence-electron chi connectivity index (χ2n) is 7.10. The van der Waals surface area contributed by atoms with E-state index in [0.717, 1.165) is 44.3 Å². The third-order valence-corrected chi connectivity index (χ3v) is 6.68. The van der Waals surface area contributed by atoms with Gasteiger partial charge in [-0.05, 0) is 54.8 Å². The van der Waals surface area contributed by atoms with E-state index in [4.69, 9.17) is 4.42 Å². The Morgan fingerprint density at radius 1 is 1.10 bits per heavy atom. The molecule has 0 saturated carbocycles. The van der Waals surface area contributed by atoms with Gasteiger partial charge in [0.05, 0.1) is 27.3 Å². The molecule has 2 aromatic carbocycles. The fraction of sp³-hybridized carbons (Fsp3) is 0.174. The SMILES string of the molecule is CSCC[C@H](NC(=O)c1ccc(-c2nc3ccccc3s2)o1)c1nc2ccccc2[nH]1. The van der Waals surface area contributed by atoms with Crippen molar-refractivity contribution < 1.29 is 9.21 Å². The van der Waals surface area contributed by atoms with E-state index in [2.05, 4.69) is 20.3 Å². The first kappa shape index (κ1) is 19.8. The number of thiazole rings is 1. The van der Waals surface area contributed by atoms with Gasteiger partial charge in [-0.2, -0.15) is 11.8 Å². The summed E-state index contributed by atoms with van der Waals surface area (Å²) < 4.78 is 6.95. The number of thioether (sulfide) groups is 1. The average Bonchev–Trinajstić information content (AvgIpc) is 3.53. The zero-order valence-electron chi connectivity index (χ0n) is 16.8. The number of furan rings is 1. The molecule has 8 heteroatoms. The molecule has 0 aliphatic carbocycles. The number of carbonyl (C=O) groups is 1. The highest BCUT2D eigenvalue weighted by Gasteiger charge is 2.21. The van der Waals surface area contributed by atoms with Crippen LogP contribution in [-0.4, -0.2) is 32.9 Å². The minimum Gasteiger partial charge on any atom is -0.448 e. The van der Waals surface area contributed by atoms with Crippen LogP contribution in [0.25, 0.3) is 32.0 Å². The molecular formula is C23H20N4O2S2. The van der Waals surface area contributed by atoms with Gasteiger partial charge in [0.1, 0.15) is 5.82 Å². The molecule has 6 nitrogen and oxygen atoms in total. The first-order chi connectivity index (χ1) is 15.2. The Hall–Kier alpha value is -3.10. The maximum Gasteiger partial charge on any atom is 0.287 e. The summed E-state index contributed by atoms with van der Waals surface area (Å²) >= 11 is 3.28. The van der Waals surface area contributed by atoms with Crippen molar-refractivity contribution in [1.29, 1.82) is 0 Å². The van der Waals surface area contributed by atoms with Gasteiger partial charge in [-0.25, -0.2) is 9.97 Å². The maximum absolute atomic E-state index is 13.0. The molecule has 0 spiro atoms. The number of amides is 1. The molecule has 31 heavy (non-hydrogen) atoms. The van der Waals surface area contributed by atoms with E-state index < -0.39 is 0 Å². The number of benzene rings is 2. The standard InChI is InChI=1S/C23H20N4O2S2/c1-30-13-12-17(21-24-14-6-2-3-7-15(14)25-21)26-22(28)18-10-11-19(29-18)23-27-16-8-4-5-9-20(16)31-23/h2-11,17H,12-13H2,1H3,(H,24,25)(H,26,28)/t17-/m0/s1. The second-order valence-corrected chi connectivity index (χ2v) is 9.11. The number of hydrogen-bond donors (Lipinski definition) is 2. The summed E-state index contributed by atoms with van der Waals surface area (Å²) in [5.41, 5.74) is 2.76. The molecule has 3 heterocycles. The Kier molecular flexibility index (Phi) is 5.48. The minimum atomic E-state index is -0.265. The summed E-state index contributed by atoms with van der Waals surface area (Å²) in [7, 11) is 0. The number of imidazole rings is 1. The number of aromatic amines is 1. The number of rotatable bonds is 7. The van der Waals surface area contributed by atoms with Gasteiger partial charge in [0.15, 0.2) is 16.5 Å². The second kappa shape index (κ2) is 8.56. The van der Waals surface area contributed by atoms with E-state index in [1.807, 2.05) is 54.8 Å². The molecule has 156 valence electrons. The Morgan fingerprint density at radius 3 is 2.71 bits per heavy atom. The van der Waals surface area contributed by atoms with E-state index in [9.17, 15) is 4.79 Å². The zero-order valence-corrected chi connectivity index (χ0v) is 18.4. The van der Waals surface area contributed by atoms with Gasteiger partial charge in [0.2, 0.25) is 0 Å². The third kappa shape index (κ3) is 4.08. The van der Waals surface area contributed by atoms with Crippen LogP contribution in [0.2, 0.25) is 0 Å². The minimum absolute atomic E-state index is 0.233. The molecule has 3 aromatic heterocycles. The number of hydrogen-bond acceptors (Lipinski definition) is 6. The van der Waals surface area contributed by atoms with Gasteiger partial charge in [-0.3, -0.25) is 4.79 Å². The van der Waals surface area contributed by atoms with E-state index in [-0.39, 0.29) is 17.7 Å². The van der Waals surface area contributed by atoms with E-state index >= 15 is 0 Å². The molecule has 0 aliphatic rings. The first-order valence-corrected chi connectivity index (χ1v) is 12.1. The fourth-order valence-electron chi connectivity index (χ4n) is 3.43. The van der Waals surface area contributed by atoms with Crippen LogP contribution >= 0.6 is 23.1 Å². The van der Waals surface area contributed by atoms with Crippen molar-refractivity contribution in [3.63, 3.8) is 0 Å². The van der Waals surface area contributed by atoms with Crippen molar-refractivity contribution in [3.8, 4) is 10.8 Å². The molecule has 0 bridgehead atoms. The highest BCUT2D eigenvalue weighted by molar-refractivity contribution is 7.98. The Bertz CT molecular complexity index is 1290. The van der Waals surface area contributed by atoms with Crippen molar-refractivity contribution >= 4 is 50.3 Å². The normalized spacial score (nSPS) is 12.4. The van der Waals surface area contributed by atoms with Crippen LogP contribution in [0.5, 0.6) is 0 Å². The van der Waals surface area contributed by atoms with Crippen LogP contribution < -0.4 is 5.32 Å². The predicted molar refractivity (Wildman–Crippen MR) is 127 cm³/mol. The number of carbonyl (C=O) groups excluding carboxylic acids is 1. The highest BCUT2D eigenvalue weighted by atomic mass is 32.2. The number of nitrogens with zero attached hydrogens (tertiary/aromatic N) is 2. The summed E-state index contributed by atoms with van der Waals surface area (Å²) in [4.78, 5) is 25.6. The van der Waals surface area contributed by atoms with Crippen molar-refractivity contribution in [2.24, 2.45) is 0 Å². The molecule has 0 aliphatic heterocycles. The summed E-state index contributed by atoms with van der Waals surface area (Å²) in [6.45, 7) is 0. The summed E-state index contributed by atoms with van der Waals surface area (Å²) in [6, 6.07) is 19.1. The molecule has 5 rings (SSSR count). The summed E-state index contributed by atoms with van der Waals surface area (Å²) in [5.74, 6) is 2.24. The van der Waals surface area contributed by atoms with Crippen LogP contribution in [0.15, 0.2) is 65.1 Å². The Balaban J connectivity index is 1.38. The van der Waals surface area contributed by atoms with Gasteiger partial charge in [-0.1, -0.05) is 24.3 Å². The average molecular weight is 449 g/mol. The zero-order chi connectivity index (χ0) is 21.2. The van der Waals surface area contributed by atoms with E-state index in [1.54, 1.807) is 35.2 Å². The molecule has 0 saturated heterocycles. The predicted octanol–water partition coefficient (Wildman–Crippen LogP) is 5.66. The summed E-state index contributed by atoms with van der Waals surface area (Å²) in [5, 5.41) is 3.84. The molecule has 0 fully saturated rings. The van der Waals surface area contributed by atoms with Gasteiger partial charge < -0.3 is 14.7 Å². The fourth-order valence-corrected chi connectivity index (χ4v) is 4.83. The molecular weight excluding hydrogens is 428 g/mol. The Labute approximate surface area is 187 Å². The number of para-hydroxylation sites is 3. The van der Waals surface area contributed by atoms with E-state index in [0.29, 0.717) is 5.76 Å². The lowest BCUT2D eigenvalue weighted by atomic mass is 10.2. The monoisotopic (exact) mass is 448 g/mol. The molecule has 0 radical (unpaired) electrons. The first-order valence-electron chi connectivity index (χ1n) is 9.91. The third-order valence-electron chi connectivity index (χ3n) is 4.99. The quantitative estimate of drug-likeness (QED) is 0.336. The molecule has 1 amide bonds. The van der Waals surface area contributed by atoms with Crippen LogP contribution in [0.4, 0.5) is 0 Å². The molecule has 5 aromatic rings. The maximum atomic E-state index is 13.0. The van der Waals surface area contributed by atoms with E-state index in [1.165, 1.54) is 0 Å². The summed E-state index contributed by atoms with van der Waals surface area (Å²) in [6.07, 6.45) is 2.81. The van der Waals surface area contributed by atoms with Crippen LogP contribution in [0.3, 0.4) is 0 Å². The van der Waals surface area contributed by atoms with Crippen molar-refractivity contribution in [2.75, 3.05) is 12.0 Å². The van der Waals surface area contributed by atoms with Crippen LogP contribution in [0.1, 0.15) is 28.8 Å². The van der Waals surface area contributed by atoms with Gasteiger partial charge in [-0.15, -0.1) is 11.3 Å². The lowest BCUT2D eigenvalue weighted by Crippen LogP contribution is -2.29. The largest absolute Gasteiger partial charge is 0.448 e. The van der Waals surface area contributed by atoms with Crippen LogP contribution in [0, 0.1) is 0 Å². The van der Waals surface area contributed by atoms with Crippen LogP contribution in [-0.2, 0) is 0 Å². The lowest BCUT2D eigenvalue weighted by Gasteiger charge is -2.15. The highest BCUT2D eigenvalue weighted by Crippen LogP contribution is 2.31. The number of fused-ring (bicyclic) bond motifs is 2. The van der Waals surface area contributed by atoms with Gasteiger partial charge in [0, 0.05) is 0 Å². The number of aromatic nitrogens is 3. The lowest BCUT2D eigenvalue weighted by molar-refractivity contribution is 0.0907. The Morgan fingerprint density at radius 2 is 1.90 bits per heavy atom. The molecule has 2 N–H and O–H groups in total. The smallest absolute Gasteiger partial charge is 0.287 e. The molecule has 1 atom stereocenters. The van der Waals surface area contributed by atoms with Crippen molar-refractivity contribution in [3.05, 3.63) is 72.2 Å². The number of H-pyrrole nitrogens is 1.